The predicted molar refractivity (Wildman–Crippen MR) is 51.8 cm³/mol. The molecule has 3 heteroatoms. The predicted octanol–water partition coefficient (Wildman–Crippen LogP) is 2.28. The summed E-state index contributed by atoms with van der Waals surface area (Å²) >= 11 is 0. The van der Waals surface area contributed by atoms with Gasteiger partial charge in [-0.1, -0.05) is 13.3 Å². The van der Waals surface area contributed by atoms with E-state index in [0.29, 0.717) is 6.42 Å². The van der Waals surface area contributed by atoms with Crippen molar-refractivity contribution in [2.75, 3.05) is 0 Å². The molecule has 1 heterocycles. The topological polar surface area (TPSA) is 34.9 Å². The van der Waals surface area contributed by atoms with Gasteiger partial charge in [-0.2, -0.15) is 5.10 Å². The SMILES string of the molecule is CCCCC(=O)c1ccnn1CC. The summed E-state index contributed by atoms with van der Waals surface area (Å²) in [6, 6.07) is 1.79. The third-order valence-corrected chi connectivity index (χ3v) is 2.06. The van der Waals surface area contributed by atoms with Gasteiger partial charge < -0.3 is 0 Å². The van der Waals surface area contributed by atoms with Crippen molar-refractivity contribution in [3.63, 3.8) is 0 Å². The lowest BCUT2D eigenvalue weighted by molar-refractivity contribution is 0.0969. The summed E-state index contributed by atoms with van der Waals surface area (Å²) in [5.41, 5.74) is 0.746. The van der Waals surface area contributed by atoms with Gasteiger partial charge in [0.05, 0.1) is 0 Å². The summed E-state index contributed by atoms with van der Waals surface area (Å²) in [6.07, 6.45) is 4.35. The molecule has 0 aliphatic heterocycles. The third-order valence-electron chi connectivity index (χ3n) is 2.06. The number of rotatable bonds is 5. The summed E-state index contributed by atoms with van der Waals surface area (Å²) in [6.45, 7) is 4.84. The maximum atomic E-state index is 11.6. The van der Waals surface area contributed by atoms with Gasteiger partial charge in [0, 0.05) is 19.2 Å². The van der Waals surface area contributed by atoms with Crippen LogP contribution in [0.15, 0.2) is 12.3 Å². The van der Waals surface area contributed by atoms with E-state index in [0.717, 1.165) is 25.1 Å². The van der Waals surface area contributed by atoms with Crippen molar-refractivity contribution in [1.29, 1.82) is 0 Å². The molecule has 0 amide bonds. The van der Waals surface area contributed by atoms with Crippen molar-refractivity contribution in [2.45, 2.75) is 39.7 Å². The minimum atomic E-state index is 0.209. The Morgan fingerprint density at radius 3 is 2.92 bits per heavy atom. The van der Waals surface area contributed by atoms with E-state index >= 15 is 0 Å². The second-order valence-corrected chi connectivity index (χ2v) is 3.06. The van der Waals surface area contributed by atoms with Crippen molar-refractivity contribution in [3.8, 4) is 0 Å². The van der Waals surface area contributed by atoms with E-state index in [-0.39, 0.29) is 5.78 Å². The maximum Gasteiger partial charge on any atom is 0.180 e. The van der Waals surface area contributed by atoms with E-state index in [9.17, 15) is 4.79 Å². The first kappa shape index (κ1) is 9.96. The van der Waals surface area contributed by atoms with Crippen LogP contribution < -0.4 is 0 Å². The molecule has 0 fully saturated rings. The quantitative estimate of drug-likeness (QED) is 0.651. The van der Waals surface area contributed by atoms with Crippen LogP contribution in [0.25, 0.3) is 0 Å². The zero-order valence-corrected chi connectivity index (χ0v) is 8.29. The molecule has 0 radical (unpaired) electrons. The Bertz CT molecular complexity index is 278. The minimum absolute atomic E-state index is 0.209. The number of hydrogen-bond acceptors (Lipinski definition) is 2. The molecule has 0 aliphatic rings. The molecule has 13 heavy (non-hydrogen) atoms. The van der Waals surface area contributed by atoms with E-state index < -0.39 is 0 Å². The lowest BCUT2D eigenvalue weighted by atomic mass is 10.1. The Morgan fingerprint density at radius 2 is 2.31 bits per heavy atom. The van der Waals surface area contributed by atoms with Crippen LogP contribution in [0, 0.1) is 0 Å². The maximum absolute atomic E-state index is 11.6. The average molecular weight is 180 g/mol. The molecule has 0 aliphatic carbocycles. The van der Waals surface area contributed by atoms with Gasteiger partial charge in [0.25, 0.3) is 0 Å². The summed E-state index contributed by atoms with van der Waals surface area (Å²) in [4.78, 5) is 11.6. The Kier molecular flexibility index (Phi) is 3.68. The number of aryl methyl sites for hydroxylation is 1. The first-order valence-electron chi connectivity index (χ1n) is 4.84. The highest BCUT2D eigenvalue weighted by Crippen LogP contribution is 2.06. The van der Waals surface area contributed by atoms with Gasteiger partial charge >= 0.3 is 0 Å². The first-order valence-corrected chi connectivity index (χ1v) is 4.84. The average Bonchev–Trinajstić information content (AvgIpc) is 2.61. The molecule has 1 aromatic heterocycles. The van der Waals surface area contributed by atoms with Gasteiger partial charge in [0.2, 0.25) is 0 Å². The molecular weight excluding hydrogens is 164 g/mol. The van der Waals surface area contributed by atoms with Crippen LogP contribution in [0.1, 0.15) is 43.6 Å². The van der Waals surface area contributed by atoms with Crippen LogP contribution in [0.2, 0.25) is 0 Å². The van der Waals surface area contributed by atoms with E-state index in [2.05, 4.69) is 12.0 Å². The molecule has 3 nitrogen and oxygen atoms in total. The zero-order chi connectivity index (χ0) is 9.68. The molecule has 0 spiro atoms. The van der Waals surface area contributed by atoms with Gasteiger partial charge in [0.15, 0.2) is 5.78 Å². The van der Waals surface area contributed by atoms with Crippen molar-refractivity contribution >= 4 is 5.78 Å². The van der Waals surface area contributed by atoms with Crippen molar-refractivity contribution in [2.24, 2.45) is 0 Å². The number of carbonyl (C=O) groups is 1. The number of aromatic nitrogens is 2. The molecule has 72 valence electrons. The second kappa shape index (κ2) is 4.80. The van der Waals surface area contributed by atoms with Crippen LogP contribution >= 0.6 is 0 Å². The fourth-order valence-electron chi connectivity index (χ4n) is 1.29. The summed E-state index contributed by atoms with van der Waals surface area (Å²) < 4.78 is 1.75. The Hall–Kier alpha value is -1.12. The summed E-state index contributed by atoms with van der Waals surface area (Å²) in [5.74, 6) is 0.209. The normalized spacial score (nSPS) is 10.3. The fraction of sp³-hybridized carbons (Fsp3) is 0.600. The number of hydrogen-bond donors (Lipinski definition) is 0. The largest absolute Gasteiger partial charge is 0.292 e. The second-order valence-electron chi connectivity index (χ2n) is 3.06. The first-order chi connectivity index (χ1) is 6.29. The van der Waals surface area contributed by atoms with Gasteiger partial charge in [-0.15, -0.1) is 0 Å². The molecule has 0 bridgehead atoms. The van der Waals surface area contributed by atoms with E-state index in [4.69, 9.17) is 0 Å². The summed E-state index contributed by atoms with van der Waals surface area (Å²) in [7, 11) is 0. The molecule has 0 atom stereocenters. The standard InChI is InChI=1S/C10H16N2O/c1-3-5-6-10(13)9-7-8-11-12(9)4-2/h7-8H,3-6H2,1-2H3. The van der Waals surface area contributed by atoms with E-state index in [1.165, 1.54) is 0 Å². The monoisotopic (exact) mass is 180 g/mol. The molecule has 1 aromatic rings. The molecule has 0 N–H and O–H groups in total. The van der Waals surface area contributed by atoms with Gasteiger partial charge in [0.1, 0.15) is 5.69 Å². The van der Waals surface area contributed by atoms with E-state index in [1.807, 2.05) is 6.92 Å². The van der Waals surface area contributed by atoms with Crippen LogP contribution in [0.4, 0.5) is 0 Å². The van der Waals surface area contributed by atoms with E-state index in [1.54, 1.807) is 16.9 Å². The zero-order valence-electron chi connectivity index (χ0n) is 8.29. The Labute approximate surface area is 78.8 Å². The lowest BCUT2D eigenvalue weighted by Gasteiger charge is -2.02. The van der Waals surface area contributed by atoms with Crippen LogP contribution in [-0.2, 0) is 6.54 Å². The molecule has 0 aromatic carbocycles. The number of Topliss-reactive ketones (excluding diaryl/α,β-unsaturated/α-hetero) is 1. The van der Waals surface area contributed by atoms with Crippen LogP contribution in [0.5, 0.6) is 0 Å². The van der Waals surface area contributed by atoms with Crippen molar-refractivity contribution < 1.29 is 4.79 Å². The smallest absolute Gasteiger partial charge is 0.180 e. The molecular formula is C10H16N2O. The Balaban J connectivity index is 2.65. The highest BCUT2D eigenvalue weighted by molar-refractivity contribution is 5.94. The highest BCUT2D eigenvalue weighted by Gasteiger charge is 2.09. The molecule has 0 saturated carbocycles. The third kappa shape index (κ3) is 2.41. The summed E-state index contributed by atoms with van der Waals surface area (Å²) in [5, 5.41) is 4.06. The highest BCUT2D eigenvalue weighted by atomic mass is 16.1. The fourth-order valence-corrected chi connectivity index (χ4v) is 1.29. The molecule has 0 saturated heterocycles. The lowest BCUT2D eigenvalue weighted by Crippen LogP contribution is -2.09. The van der Waals surface area contributed by atoms with Gasteiger partial charge in [-0.05, 0) is 19.4 Å². The molecule has 1 rings (SSSR count). The van der Waals surface area contributed by atoms with Crippen LogP contribution in [0.3, 0.4) is 0 Å². The van der Waals surface area contributed by atoms with Crippen LogP contribution in [-0.4, -0.2) is 15.6 Å². The molecule has 0 unspecified atom stereocenters. The number of carbonyl (C=O) groups excluding carboxylic acids is 1. The number of unbranched alkanes of at least 4 members (excludes halogenated alkanes) is 1. The van der Waals surface area contributed by atoms with Gasteiger partial charge in [-0.3, -0.25) is 9.48 Å². The van der Waals surface area contributed by atoms with Crippen molar-refractivity contribution in [1.82, 2.24) is 9.78 Å². The minimum Gasteiger partial charge on any atom is -0.292 e. The number of ketones is 1. The Morgan fingerprint density at radius 1 is 1.54 bits per heavy atom. The van der Waals surface area contributed by atoms with Gasteiger partial charge in [-0.25, -0.2) is 0 Å². The van der Waals surface area contributed by atoms with Crippen molar-refractivity contribution in [3.05, 3.63) is 18.0 Å². The number of nitrogens with zero attached hydrogens (tertiary/aromatic N) is 2.